The molecule has 25 heavy (non-hydrogen) atoms. The molecule has 1 aromatic heterocycles. The zero-order valence-corrected chi connectivity index (χ0v) is 16.0. The summed E-state index contributed by atoms with van der Waals surface area (Å²) in [6.45, 7) is 10.5. The summed E-state index contributed by atoms with van der Waals surface area (Å²) < 4.78 is 1.95. The number of amides is 1. The number of rotatable bonds is 8. The van der Waals surface area contributed by atoms with Crippen molar-refractivity contribution in [1.29, 1.82) is 0 Å². The van der Waals surface area contributed by atoms with Crippen LogP contribution >= 0.6 is 12.2 Å². The van der Waals surface area contributed by atoms with Crippen LogP contribution in [0.2, 0.25) is 0 Å². The van der Waals surface area contributed by atoms with Crippen molar-refractivity contribution in [3.05, 3.63) is 38.9 Å². The topological polar surface area (TPSA) is 71.3 Å². The highest BCUT2D eigenvalue weighted by molar-refractivity contribution is 7.71. The zero-order chi connectivity index (χ0) is 18.4. The predicted molar refractivity (Wildman–Crippen MR) is 103 cm³/mol. The van der Waals surface area contributed by atoms with E-state index in [1.807, 2.05) is 6.92 Å². The fourth-order valence-corrected chi connectivity index (χ4v) is 3.16. The molecule has 2 aromatic rings. The van der Waals surface area contributed by atoms with Gasteiger partial charge in [0.2, 0.25) is 0 Å². The van der Waals surface area contributed by atoms with Gasteiger partial charge in [-0.05, 0) is 50.7 Å². The number of likely N-dealkylation sites (N-methyl/N-ethyl adjacent to an activating group) is 1. The van der Waals surface area contributed by atoms with Gasteiger partial charge < -0.3 is 15.2 Å². The number of carbonyl (C=O) groups excluding carboxylic acids is 1. The van der Waals surface area contributed by atoms with Gasteiger partial charge in [0.25, 0.3) is 11.5 Å². The van der Waals surface area contributed by atoms with Crippen LogP contribution in [0.4, 0.5) is 0 Å². The fraction of sp³-hybridized carbons (Fsp3) is 0.500. The highest BCUT2D eigenvalue weighted by atomic mass is 32.1. The van der Waals surface area contributed by atoms with Crippen molar-refractivity contribution in [2.75, 3.05) is 26.2 Å². The molecule has 0 bridgehead atoms. The number of aromatic nitrogens is 2. The lowest BCUT2D eigenvalue weighted by atomic mass is 10.1. The van der Waals surface area contributed by atoms with Gasteiger partial charge in [0.1, 0.15) is 0 Å². The van der Waals surface area contributed by atoms with Crippen LogP contribution in [0.1, 0.15) is 37.6 Å². The Hall–Kier alpha value is -1.99. The molecule has 0 radical (unpaired) electrons. The number of aromatic amines is 1. The Morgan fingerprint density at radius 2 is 2.00 bits per heavy atom. The third-order valence-electron chi connectivity index (χ3n) is 4.46. The van der Waals surface area contributed by atoms with E-state index in [9.17, 15) is 9.59 Å². The number of fused-ring (bicyclic) bond motifs is 1. The SMILES string of the molecule is CCCn1c(=S)[nH]c2cc(C(=O)NCC[NH+](CC)CC)ccc2c1=O. The maximum Gasteiger partial charge on any atom is 0.262 e. The zero-order valence-electron chi connectivity index (χ0n) is 15.1. The third kappa shape index (κ3) is 4.55. The second-order valence-corrected chi connectivity index (χ2v) is 6.50. The van der Waals surface area contributed by atoms with Gasteiger partial charge in [-0.15, -0.1) is 0 Å². The molecule has 7 heteroatoms. The lowest BCUT2D eigenvalue weighted by Gasteiger charge is -2.15. The van der Waals surface area contributed by atoms with Gasteiger partial charge in [-0.2, -0.15) is 0 Å². The van der Waals surface area contributed by atoms with Gasteiger partial charge in [0.15, 0.2) is 4.77 Å². The highest BCUT2D eigenvalue weighted by Crippen LogP contribution is 2.11. The number of hydrogen-bond acceptors (Lipinski definition) is 3. The number of carbonyl (C=O) groups is 1. The molecule has 2 rings (SSSR count). The first kappa shape index (κ1) is 19.3. The molecule has 1 amide bonds. The Bertz CT molecular complexity index is 852. The molecule has 0 aliphatic rings. The largest absolute Gasteiger partial charge is 0.346 e. The first-order valence-electron chi connectivity index (χ1n) is 8.90. The summed E-state index contributed by atoms with van der Waals surface area (Å²) >= 11 is 5.27. The van der Waals surface area contributed by atoms with Gasteiger partial charge in [0, 0.05) is 12.1 Å². The summed E-state index contributed by atoms with van der Waals surface area (Å²) in [7, 11) is 0. The number of H-pyrrole nitrogens is 1. The average Bonchev–Trinajstić information content (AvgIpc) is 2.61. The molecule has 0 fully saturated rings. The first-order valence-corrected chi connectivity index (χ1v) is 9.31. The standard InChI is InChI=1S/C18H26N4O2S/c1-4-10-22-17(24)14-8-7-13(12-15(14)20-18(22)25)16(23)19-9-11-21(5-2)6-3/h7-8,12H,4-6,9-11H2,1-3H3,(H,19,23)(H,20,25)/p+1. The van der Waals surface area contributed by atoms with E-state index in [0.717, 1.165) is 26.1 Å². The maximum atomic E-state index is 12.5. The molecule has 1 aromatic carbocycles. The van der Waals surface area contributed by atoms with E-state index in [1.54, 1.807) is 22.8 Å². The Morgan fingerprint density at radius 3 is 2.64 bits per heavy atom. The van der Waals surface area contributed by atoms with Gasteiger partial charge in [-0.1, -0.05) is 6.92 Å². The monoisotopic (exact) mass is 363 g/mol. The van der Waals surface area contributed by atoms with Crippen LogP contribution in [-0.2, 0) is 6.54 Å². The lowest BCUT2D eigenvalue weighted by molar-refractivity contribution is -0.895. The predicted octanol–water partition coefficient (Wildman–Crippen LogP) is 1.12. The molecular formula is C18H27N4O2S+. The molecule has 0 aliphatic carbocycles. The van der Waals surface area contributed by atoms with Gasteiger partial charge in [0.05, 0.1) is 37.1 Å². The average molecular weight is 364 g/mol. The molecule has 0 unspecified atom stereocenters. The number of nitrogens with one attached hydrogen (secondary N) is 3. The lowest BCUT2D eigenvalue weighted by Crippen LogP contribution is -3.12. The van der Waals surface area contributed by atoms with E-state index in [-0.39, 0.29) is 11.5 Å². The van der Waals surface area contributed by atoms with Crippen LogP contribution in [0.25, 0.3) is 10.9 Å². The molecule has 136 valence electrons. The minimum atomic E-state index is -0.134. The molecule has 1 heterocycles. The van der Waals surface area contributed by atoms with Crippen LogP contribution in [0, 0.1) is 4.77 Å². The van der Waals surface area contributed by atoms with E-state index >= 15 is 0 Å². The molecule has 0 spiro atoms. The van der Waals surface area contributed by atoms with Crippen molar-refractivity contribution in [2.24, 2.45) is 0 Å². The molecular weight excluding hydrogens is 336 g/mol. The summed E-state index contributed by atoms with van der Waals surface area (Å²) in [6, 6.07) is 5.08. The number of quaternary nitrogens is 1. The quantitative estimate of drug-likeness (QED) is 0.616. The molecule has 3 N–H and O–H groups in total. The fourth-order valence-electron chi connectivity index (χ4n) is 2.88. The van der Waals surface area contributed by atoms with Crippen LogP contribution < -0.4 is 15.8 Å². The van der Waals surface area contributed by atoms with Crippen LogP contribution in [0.5, 0.6) is 0 Å². The summed E-state index contributed by atoms with van der Waals surface area (Å²) in [4.78, 5) is 29.4. The van der Waals surface area contributed by atoms with E-state index < -0.39 is 0 Å². The first-order chi connectivity index (χ1) is 12.0. The highest BCUT2D eigenvalue weighted by Gasteiger charge is 2.11. The van der Waals surface area contributed by atoms with E-state index in [2.05, 4.69) is 24.1 Å². The van der Waals surface area contributed by atoms with Crippen molar-refractivity contribution in [1.82, 2.24) is 14.9 Å². The van der Waals surface area contributed by atoms with Crippen molar-refractivity contribution in [2.45, 2.75) is 33.7 Å². The van der Waals surface area contributed by atoms with Crippen molar-refractivity contribution in [3.63, 3.8) is 0 Å². The number of benzene rings is 1. The van der Waals surface area contributed by atoms with Gasteiger partial charge in [-0.3, -0.25) is 14.2 Å². The van der Waals surface area contributed by atoms with Crippen molar-refractivity contribution >= 4 is 29.0 Å². The summed E-state index contributed by atoms with van der Waals surface area (Å²) in [6.07, 6.45) is 0.831. The molecule has 0 atom stereocenters. The molecule has 0 saturated heterocycles. The minimum absolute atomic E-state index is 0.113. The van der Waals surface area contributed by atoms with E-state index in [1.165, 1.54) is 4.90 Å². The van der Waals surface area contributed by atoms with Crippen LogP contribution in [0.3, 0.4) is 0 Å². The Morgan fingerprint density at radius 1 is 1.28 bits per heavy atom. The van der Waals surface area contributed by atoms with Crippen LogP contribution in [0.15, 0.2) is 23.0 Å². The molecule has 0 aliphatic heterocycles. The minimum Gasteiger partial charge on any atom is -0.346 e. The summed E-state index contributed by atoms with van der Waals surface area (Å²) in [5.41, 5.74) is 1.02. The van der Waals surface area contributed by atoms with E-state index in [0.29, 0.717) is 34.3 Å². The molecule has 6 nitrogen and oxygen atoms in total. The second kappa shape index (κ2) is 8.92. The Kier molecular flexibility index (Phi) is 6.90. The summed E-state index contributed by atoms with van der Waals surface area (Å²) in [5.74, 6) is -0.134. The van der Waals surface area contributed by atoms with Crippen LogP contribution in [-0.4, -0.2) is 41.6 Å². The third-order valence-corrected chi connectivity index (χ3v) is 4.78. The van der Waals surface area contributed by atoms with Gasteiger partial charge in [-0.25, -0.2) is 0 Å². The summed E-state index contributed by atoms with van der Waals surface area (Å²) in [5, 5.41) is 3.49. The van der Waals surface area contributed by atoms with Gasteiger partial charge >= 0.3 is 0 Å². The second-order valence-electron chi connectivity index (χ2n) is 6.11. The molecule has 0 saturated carbocycles. The van der Waals surface area contributed by atoms with Crippen molar-refractivity contribution in [3.8, 4) is 0 Å². The van der Waals surface area contributed by atoms with E-state index in [4.69, 9.17) is 12.2 Å². The Labute approximate surface area is 152 Å². The van der Waals surface area contributed by atoms with Crippen molar-refractivity contribution < 1.29 is 9.69 Å². The maximum absolute atomic E-state index is 12.5. The Balaban J connectivity index is 2.21. The number of hydrogen-bond donors (Lipinski definition) is 3. The normalized spacial score (nSPS) is 11.2. The number of nitrogens with zero attached hydrogens (tertiary/aromatic N) is 1. The smallest absolute Gasteiger partial charge is 0.262 e.